The van der Waals surface area contributed by atoms with Gasteiger partial charge in [-0.1, -0.05) is 25.0 Å². The van der Waals surface area contributed by atoms with Crippen LogP contribution in [0, 0.1) is 17.6 Å². The lowest BCUT2D eigenvalue weighted by Crippen LogP contribution is -2.47. The first kappa shape index (κ1) is 28.4. The fourth-order valence-electron chi connectivity index (χ4n) is 6.47. The van der Waals surface area contributed by atoms with Crippen LogP contribution >= 0.6 is 0 Å². The van der Waals surface area contributed by atoms with Crippen molar-refractivity contribution in [1.82, 2.24) is 14.8 Å². The molecule has 6 rings (SSSR count). The third kappa shape index (κ3) is 5.35. The van der Waals surface area contributed by atoms with Crippen molar-refractivity contribution in [3.63, 3.8) is 0 Å². The Morgan fingerprint density at radius 1 is 0.953 bits per heavy atom. The molecule has 3 aliphatic rings. The van der Waals surface area contributed by atoms with Crippen molar-refractivity contribution in [2.75, 3.05) is 17.2 Å². The van der Waals surface area contributed by atoms with Gasteiger partial charge in [0.05, 0.1) is 0 Å². The number of halogens is 2. The Labute approximate surface area is 247 Å². The van der Waals surface area contributed by atoms with E-state index in [0.29, 0.717) is 43.3 Å². The summed E-state index contributed by atoms with van der Waals surface area (Å²) in [6, 6.07) is 12.4. The average Bonchev–Trinajstić information content (AvgIpc) is 3.69. The molecule has 3 aromatic rings. The molecule has 1 aromatic heterocycles. The molecule has 1 saturated heterocycles. The molecule has 1 saturated carbocycles. The lowest BCUT2D eigenvalue weighted by molar-refractivity contribution is -0.134. The smallest absolute Gasteiger partial charge is 0.325 e. The number of rotatable bonds is 7. The van der Waals surface area contributed by atoms with E-state index in [0.717, 1.165) is 45.9 Å². The van der Waals surface area contributed by atoms with Gasteiger partial charge >= 0.3 is 6.03 Å². The van der Waals surface area contributed by atoms with Crippen LogP contribution in [-0.2, 0) is 32.8 Å². The molecular formula is C32H31F2N5O4. The van der Waals surface area contributed by atoms with Crippen LogP contribution in [0.1, 0.15) is 49.3 Å². The lowest BCUT2D eigenvalue weighted by Gasteiger charge is -2.31. The van der Waals surface area contributed by atoms with Gasteiger partial charge in [0.1, 0.15) is 29.5 Å². The molecule has 0 bridgehead atoms. The molecule has 2 aromatic carbocycles. The summed E-state index contributed by atoms with van der Waals surface area (Å²) in [5, 5.41) is 5.62. The van der Waals surface area contributed by atoms with Crippen LogP contribution in [0.25, 0.3) is 0 Å². The number of urea groups is 1. The first-order valence-electron chi connectivity index (χ1n) is 14.4. The zero-order valence-electron chi connectivity index (χ0n) is 23.6. The zero-order chi connectivity index (χ0) is 30.3. The topological polar surface area (TPSA) is 112 Å². The minimum Gasteiger partial charge on any atom is -0.325 e. The summed E-state index contributed by atoms with van der Waals surface area (Å²) in [4.78, 5) is 60.0. The highest BCUT2D eigenvalue weighted by Gasteiger charge is 2.57. The molecule has 43 heavy (non-hydrogen) atoms. The Balaban J connectivity index is 1.19. The van der Waals surface area contributed by atoms with Crippen LogP contribution in [0.5, 0.6) is 0 Å². The maximum atomic E-state index is 14.3. The Bertz CT molecular complexity index is 1590. The molecule has 11 heteroatoms. The highest BCUT2D eigenvalue weighted by Crippen LogP contribution is 2.41. The van der Waals surface area contributed by atoms with Crippen molar-refractivity contribution in [1.29, 1.82) is 0 Å². The first-order chi connectivity index (χ1) is 20.6. The van der Waals surface area contributed by atoms with Crippen LogP contribution in [0.3, 0.4) is 0 Å². The fraction of sp³-hybridized carbons (Fsp3) is 0.344. The number of pyridine rings is 1. The number of imide groups is 1. The Hall–Kier alpha value is -4.67. The van der Waals surface area contributed by atoms with Crippen molar-refractivity contribution < 1.29 is 28.0 Å². The van der Waals surface area contributed by atoms with Crippen LogP contribution < -0.4 is 10.6 Å². The quantitative estimate of drug-likeness (QED) is 0.387. The predicted octanol–water partition coefficient (Wildman–Crippen LogP) is 4.77. The monoisotopic (exact) mass is 587 g/mol. The molecule has 2 N–H and O–H groups in total. The predicted molar refractivity (Wildman–Crippen MR) is 154 cm³/mol. The molecule has 2 aliphatic carbocycles. The molecule has 1 aliphatic heterocycles. The molecule has 2 atom stereocenters. The second-order valence-corrected chi connectivity index (χ2v) is 11.6. The number of nitrogens with one attached hydrogen (secondary N) is 2. The summed E-state index contributed by atoms with van der Waals surface area (Å²) in [6.45, 7) is 0.920. The standard InChI is InChI=1S/C32H31F2N5O4/c1-32(22-15-23(33)17-24(34)16-22)30(42)39(26-6-2-3-7-26)31(43)38(32)18-28(40)36-25-10-9-19-12-21(13-20(19)14-25)29(41)37-27-8-4-5-11-35-27/h4-5,8-11,14-17,21,26H,2-3,6-7,12-13,18H2,1H3,(H,36,40)(H,35,37,41). The largest absolute Gasteiger partial charge is 0.328 e. The van der Waals surface area contributed by atoms with Crippen molar-refractivity contribution in [3.8, 4) is 0 Å². The highest BCUT2D eigenvalue weighted by atomic mass is 19.1. The van der Waals surface area contributed by atoms with Gasteiger partial charge in [0.2, 0.25) is 11.8 Å². The Morgan fingerprint density at radius 2 is 1.67 bits per heavy atom. The van der Waals surface area contributed by atoms with Crippen LogP contribution in [-0.4, -0.2) is 51.1 Å². The second-order valence-electron chi connectivity index (χ2n) is 11.6. The van der Waals surface area contributed by atoms with Gasteiger partial charge in [0.25, 0.3) is 5.91 Å². The van der Waals surface area contributed by atoms with Gasteiger partial charge in [-0.15, -0.1) is 0 Å². The molecule has 0 radical (unpaired) electrons. The van der Waals surface area contributed by atoms with Gasteiger partial charge in [-0.2, -0.15) is 0 Å². The van der Waals surface area contributed by atoms with Crippen LogP contribution in [0.4, 0.5) is 25.1 Å². The minimum atomic E-state index is -1.77. The van der Waals surface area contributed by atoms with E-state index in [1.807, 2.05) is 6.07 Å². The number of anilines is 2. The Morgan fingerprint density at radius 3 is 2.37 bits per heavy atom. The number of hydrogen-bond donors (Lipinski definition) is 2. The van der Waals surface area contributed by atoms with E-state index >= 15 is 0 Å². The number of carbonyl (C=O) groups excluding carboxylic acids is 4. The van der Waals surface area contributed by atoms with E-state index in [-0.39, 0.29) is 23.4 Å². The third-order valence-electron chi connectivity index (χ3n) is 8.74. The second kappa shape index (κ2) is 11.2. The number of carbonyl (C=O) groups is 4. The molecular weight excluding hydrogens is 556 g/mol. The van der Waals surface area contributed by atoms with E-state index in [4.69, 9.17) is 0 Å². The van der Waals surface area contributed by atoms with Gasteiger partial charge in [-0.05, 0) is 85.7 Å². The summed E-state index contributed by atoms with van der Waals surface area (Å²) in [6.07, 6.45) is 5.63. The summed E-state index contributed by atoms with van der Waals surface area (Å²) in [5.41, 5.74) is 0.570. The van der Waals surface area contributed by atoms with Crippen LogP contribution in [0.15, 0.2) is 60.8 Å². The van der Waals surface area contributed by atoms with Gasteiger partial charge in [-0.25, -0.2) is 18.6 Å². The summed E-state index contributed by atoms with van der Waals surface area (Å²) in [5.74, 6) is -2.89. The molecule has 222 valence electrons. The van der Waals surface area contributed by atoms with E-state index in [1.165, 1.54) is 6.92 Å². The SMILES string of the molecule is CC1(c2cc(F)cc(F)c2)C(=O)N(C2CCCC2)C(=O)N1CC(=O)Nc1ccc2c(c1)CC(C(=O)Nc1ccccn1)C2. The van der Waals surface area contributed by atoms with Crippen LogP contribution in [0.2, 0.25) is 0 Å². The minimum absolute atomic E-state index is 0.0378. The van der Waals surface area contributed by atoms with Crippen molar-refractivity contribution in [2.24, 2.45) is 5.92 Å². The summed E-state index contributed by atoms with van der Waals surface area (Å²) < 4.78 is 28.5. The number of fused-ring (bicyclic) bond motifs is 1. The molecule has 2 heterocycles. The van der Waals surface area contributed by atoms with Gasteiger partial charge in [0.15, 0.2) is 0 Å². The molecule has 2 fully saturated rings. The number of hydrogen-bond acceptors (Lipinski definition) is 5. The number of benzene rings is 2. The van der Waals surface area contributed by atoms with E-state index < -0.39 is 41.6 Å². The number of nitrogens with zero attached hydrogens (tertiary/aromatic N) is 3. The van der Waals surface area contributed by atoms with Crippen molar-refractivity contribution >= 4 is 35.3 Å². The molecule has 9 nitrogen and oxygen atoms in total. The maximum absolute atomic E-state index is 14.3. The molecule has 0 spiro atoms. The van der Waals surface area contributed by atoms with E-state index in [2.05, 4.69) is 15.6 Å². The van der Waals surface area contributed by atoms with E-state index in [9.17, 15) is 28.0 Å². The van der Waals surface area contributed by atoms with Crippen molar-refractivity contribution in [3.05, 3.63) is 89.1 Å². The third-order valence-corrected chi connectivity index (χ3v) is 8.74. The summed E-state index contributed by atoms with van der Waals surface area (Å²) >= 11 is 0. The lowest BCUT2D eigenvalue weighted by atomic mass is 9.89. The fourth-order valence-corrected chi connectivity index (χ4v) is 6.47. The first-order valence-corrected chi connectivity index (χ1v) is 14.4. The normalized spacial score (nSPS) is 21.8. The molecule has 2 unspecified atom stereocenters. The maximum Gasteiger partial charge on any atom is 0.328 e. The highest BCUT2D eigenvalue weighted by molar-refractivity contribution is 6.09. The number of amides is 5. The van der Waals surface area contributed by atoms with Gasteiger partial charge in [0, 0.05) is 29.9 Å². The van der Waals surface area contributed by atoms with Gasteiger partial charge in [-0.3, -0.25) is 24.2 Å². The average molecular weight is 588 g/mol. The zero-order valence-corrected chi connectivity index (χ0v) is 23.6. The summed E-state index contributed by atoms with van der Waals surface area (Å²) in [7, 11) is 0. The van der Waals surface area contributed by atoms with Crippen molar-refractivity contribution in [2.45, 2.75) is 57.0 Å². The number of aromatic nitrogens is 1. The van der Waals surface area contributed by atoms with Gasteiger partial charge < -0.3 is 10.6 Å². The Kier molecular flexibility index (Phi) is 7.41. The molecule has 5 amide bonds. The van der Waals surface area contributed by atoms with E-state index in [1.54, 1.807) is 36.5 Å².